The van der Waals surface area contributed by atoms with Crippen LogP contribution in [0.15, 0.2) is 35.3 Å². The smallest absolute Gasteiger partial charge is 0.293 e. The van der Waals surface area contributed by atoms with E-state index in [1.54, 1.807) is 17.8 Å². The number of amides is 1. The van der Waals surface area contributed by atoms with Crippen molar-refractivity contribution >= 4 is 34.7 Å². The Kier molecular flexibility index (Phi) is 7.97. The van der Waals surface area contributed by atoms with Gasteiger partial charge in [-0.3, -0.25) is 9.59 Å². The molecule has 206 valence electrons. The highest BCUT2D eigenvalue weighted by Crippen LogP contribution is 2.31. The maximum Gasteiger partial charge on any atom is 0.293 e. The fourth-order valence-electron chi connectivity index (χ4n) is 5.00. The molecule has 1 aliphatic heterocycles. The molecule has 2 fully saturated rings. The van der Waals surface area contributed by atoms with Gasteiger partial charge in [-0.1, -0.05) is 19.1 Å². The Morgan fingerprint density at radius 1 is 1.18 bits per heavy atom. The molecule has 9 nitrogen and oxygen atoms in total. The number of carbonyl (C=O) groups excluding carboxylic acids is 1. The van der Waals surface area contributed by atoms with Crippen LogP contribution < -0.4 is 20.9 Å². The number of hydrogen-bond donors (Lipinski definition) is 2. The van der Waals surface area contributed by atoms with E-state index >= 15 is 0 Å². The molecule has 0 radical (unpaired) electrons. The van der Waals surface area contributed by atoms with E-state index < -0.39 is 0 Å². The first-order valence-electron chi connectivity index (χ1n) is 13.9. The topological polar surface area (TPSA) is 101 Å². The van der Waals surface area contributed by atoms with Crippen molar-refractivity contribution in [3.8, 4) is 5.75 Å². The van der Waals surface area contributed by atoms with E-state index in [9.17, 15) is 9.59 Å². The lowest BCUT2D eigenvalue weighted by Crippen LogP contribution is -2.43. The number of likely N-dealkylation sites (tertiary alicyclic amines) is 1. The second kappa shape index (κ2) is 11.6. The molecule has 1 aromatic carbocycles. The predicted octanol–water partition coefficient (Wildman–Crippen LogP) is 4.28. The minimum Gasteiger partial charge on any atom is -0.487 e. The van der Waals surface area contributed by atoms with Gasteiger partial charge in [-0.25, -0.2) is 9.97 Å². The first-order valence-corrected chi connectivity index (χ1v) is 13.9. The van der Waals surface area contributed by atoms with E-state index in [2.05, 4.69) is 34.5 Å². The Labute approximate surface area is 229 Å². The summed E-state index contributed by atoms with van der Waals surface area (Å²) in [6.07, 6.45) is 10.4. The van der Waals surface area contributed by atoms with Gasteiger partial charge in [-0.05, 0) is 88.8 Å². The number of nitrogens with one attached hydrogen (secondary N) is 2. The van der Waals surface area contributed by atoms with E-state index in [0.717, 1.165) is 56.4 Å². The van der Waals surface area contributed by atoms with Gasteiger partial charge >= 0.3 is 0 Å². The van der Waals surface area contributed by atoms with Crippen molar-refractivity contribution in [2.24, 2.45) is 13.0 Å². The van der Waals surface area contributed by atoms with Gasteiger partial charge in [0.1, 0.15) is 5.52 Å². The van der Waals surface area contributed by atoms with Crippen LogP contribution in [0.2, 0.25) is 0 Å². The predicted molar refractivity (Wildman–Crippen MR) is 155 cm³/mol. The van der Waals surface area contributed by atoms with E-state index in [4.69, 9.17) is 9.72 Å². The van der Waals surface area contributed by atoms with Crippen LogP contribution in [0, 0.1) is 5.92 Å². The molecule has 0 spiro atoms. The lowest BCUT2D eigenvalue weighted by atomic mass is 10.0. The molecule has 1 saturated heterocycles. The molecule has 0 unspecified atom stereocenters. The van der Waals surface area contributed by atoms with Crippen molar-refractivity contribution in [1.82, 2.24) is 24.8 Å². The lowest BCUT2D eigenvalue weighted by Gasteiger charge is -2.29. The van der Waals surface area contributed by atoms with Gasteiger partial charge in [0.15, 0.2) is 5.75 Å². The zero-order valence-corrected chi connectivity index (χ0v) is 23.3. The minimum absolute atomic E-state index is 0.0385. The molecule has 39 heavy (non-hydrogen) atoms. The maximum absolute atomic E-state index is 13.1. The zero-order valence-electron chi connectivity index (χ0n) is 23.3. The fraction of sp³-hybridized carbons (Fsp3) is 0.467. The van der Waals surface area contributed by atoms with Crippen LogP contribution in [-0.2, 0) is 13.5 Å². The third kappa shape index (κ3) is 5.98. The molecule has 3 aromatic rings. The molecule has 5 rings (SSSR count). The van der Waals surface area contributed by atoms with Crippen molar-refractivity contribution < 1.29 is 9.53 Å². The van der Waals surface area contributed by atoms with Gasteiger partial charge in [0.2, 0.25) is 5.95 Å². The van der Waals surface area contributed by atoms with E-state index in [0.29, 0.717) is 46.4 Å². The summed E-state index contributed by atoms with van der Waals surface area (Å²) in [4.78, 5) is 37.7. The molecule has 2 N–H and O–H groups in total. The number of carbonyl (C=O) groups is 1. The van der Waals surface area contributed by atoms with E-state index in [1.165, 1.54) is 0 Å². The number of anilines is 2. The summed E-state index contributed by atoms with van der Waals surface area (Å²) in [5, 5.41) is 6.53. The normalized spacial score (nSPS) is 16.6. The van der Waals surface area contributed by atoms with Crippen LogP contribution in [0.4, 0.5) is 11.6 Å². The Bertz CT molecular complexity index is 1450. The molecule has 1 amide bonds. The molecule has 1 aliphatic carbocycles. The molecular formula is C30H38N6O3. The molecule has 2 aliphatic rings. The number of fused-ring (bicyclic) bond motifs is 1. The number of hydrogen-bond acceptors (Lipinski definition) is 7. The van der Waals surface area contributed by atoms with Crippen molar-refractivity contribution in [2.75, 3.05) is 32.1 Å². The second-order valence-corrected chi connectivity index (χ2v) is 10.7. The highest BCUT2D eigenvalue weighted by atomic mass is 16.5. The summed E-state index contributed by atoms with van der Waals surface area (Å²) in [5.41, 5.74) is 4.24. The van der Waals surface area contributed by atoms with Crippen LogP contribution in [0.5, 0.6) is 5.75 Å². The number of pyridine rings is 1. The first-order chi connectivity index (χ1) is 18.9. The van der Waals surface area contributed by atoms with Crippen LogP contribution in [0.3, 0.4) is 0 Å². The van der Waals surface area contributed by atoms with Gasteiger partial charge in [0.05, 0.1) is 23.9 Å². The summed E-state index contributed by atoms with van der Waals surface area (Å²) >= 11 is 0. The number of benzene rings is 1. The standard InChI is InChI=1S/C30H38N6O3/c1-5-7-23-26-25(36(4)29(38)27(23)39-18-19-8-9-19)17-31-30(34-26)33-24-11-10-21(16-20(24)6-2)28(37)32-22-12-14-35(3)15-13-22/h5,7,10-11,16-17,19,22H,6,8-9,12-15,18H2,1-4H3,(H,32,37)(H,31,33,34)/b7-5+. The highest BCUT2D eigenvalue weighted by Gasteiger charge is 2.25. The van der Waals surface area contributed by atoms with Gasteiger partial charge in [0, 0.05) is 24.3 Å². The number of rotatable bonds is 9. The third-order valence-corrected chi connectivity index (χ3v) is 7.67. The highest BCUT2D eigenvalue weighted by molar-refractivity contribution is 5.95. The molecular weight excluding hydrogens is 492 g/mol. The van der Waals surface area contributed by atoms with E-state index in [1.807, 2.05) is 37.3 Å². The van der Waals surface area contributed by atoms with Crippen LogP contribution in [0.1, 0.15) is 61.0 Å². The summed E-state index contributed by atoms with van der Waals surface area (Å²) in [6.45, 7) is 6.50. The summed E-state index contributed by atoms with van der Waals surface area (Å²) < 4.78 is 7.56. The number of nitrogens with zero attached hydrogens (tertiary/aromatic N) is 4. The lowest BCUT2D eigenvalue weighted by molar-refractivity contribution is 0.0917. The Hall–Kier alpha value is -3.72. The van der Waals surface area contributed by atoms with Crippen molar-refractivity contribution in [1.29, 1.82) is 0 Å². The Morgan fingerprint density at radius 2 is 1.95 bits per heavy atom. The molecule has 1 saturated carbocycles. The number of piperidine rings is 1. The number of allylic oxidation sites excluding steroid dienone is 1. The summed E-state index contributed by atoms with van der Waals surface area (Å²) in [5.74, 6) is 1.23. The van der Waals surface area contributed by atoms with Gasteiger partial charge < -0.3 is 24.8 Å². The van der Waals surface area contributed by atoms with Gasteiger partial charge in [-0.2, -0.15) is 0 Å². The molecule has 0 atom stereocenters. The van der Waals surface area contributed by atoms with Crippen molar-refractivity contribution in [2.45, 2.75) is 52.0 Å². The van der Waals surface area contributed by atoms with E-state index in [-0.39, 0.29) is 17.5 Å². The fourth-order valence-corrected chi connectivity index (χ4v) is 5.00. The van der Waals surface area contributed by atoms with Crippen LogP contribution >= 0.6 is 0 Å². The minimum atomic E-state index is -0.192. The zero-order chi connectivity index (χ0) is 27.5. The average Bonchev–Trinajstić information content (AvgIpc) is 3.77. The number of aromatic nitrogens is 3. The SMILES string of the molecule is C/C=C/c1c(OCC2CC2)c(=O)n(C)c2cnc(Nc3ccc(C(=O)NC4CCN(C)CC4)cc3CC)nc12. The number of ether oxygens (including phenoxy) is 1. The third-order valence-electron chi connectivity index (χ3n) is 7.67. The monoisotopic (exact) mass is 530 g/mol. The van der Waals surface area contributed by atoms with Crippen LogP contribution in [-0.4, -0.2) is 58.1 Å². The quantitative estimate of drug-likeness (QED) is 0.426. The van der Waals surface area contributed by atoms with Crippen molar-refractivity contribution in [3.63, 3.8) is 0 Å². The molecule has 3 heterocycles. The number of aryl methyl sites for hydroxylation is 2. The first kappa shape index (κ1) is 26.9. The maximum atomic E-state index is 13.1. The van der Waals surface area contributed by atoms with Gasteiger partial charge in [0.25, 0.3) is 11.5 Å². The average molecular weight is 531 g/mol. The Morgan fingerprint density at radius 3 is 2.64 bits per heavy atom. The van der Waals surface area contributed by atoms with Crippen LogP contribution in [0.25, 0.3) is 17.1 Å². The molecule has 9 heteroatoms. The Balaban J connectivity index is 1.41. The second-order valence-electron chi connectivity index (χ2n) is 10.7. The van der Waals surface area contributed by atoms with Crippen molar-refractivity contribution in [3.05, 3.63) is 57.5 Å². The molecule has 2 aromatic heterocycles. The summed E-state index contributed by atoms with van der Waals surface area (Å²) in [6, 6.07) is 5.90. The van der Waals surface area contributed by atoms with Gasteiger partial charge in [-0.15, -0.1) is 0 Å². The largest absolute Gasteiger partial charge is 0.487 e. The summed E-state index contributed by atoms with van der Waals surface area (Å²) in [7, 11) is 3.83. The molecule has 0 bridgehead atoms.